The fourth-order valence-electron chi connectivity index (χ4n) is 0.841. The van der Waals surface area contributed by atoms with Gasteiger partial charge in [0, 0.05) is 0 Å². The molecular weight excluding hydrogens is 176 g/mol. The van der Waals surface area contributed by atoms with Crippen LogP contribution >= 0.6 is 0 Å². The fourth-order valence-corrected chi connectivity index (χ4v) is 1.38. The number of nitrogens with one attached hydrogen (secondary N) is 1. The predicted molar refractivity (Wildman–Crippen MR) is 47.9 cm³/mol. The van der Waals surface area contributed by atoms with Crippen molar-refractivity contribution >= 4 is 15.9 Å². The molecular formula is C7H10N2O2S. The van der Waals surface area contributed by atoms with Crippen LogP contribution in [0.4, 0.5) is 5.69 Å². The van der Waals surface area contributed by atoms with Gasteiger partial charge in [-0.3, -0.25) is 4.72 Å². The van der Waals surface area contributed by atoms with Crippen molar-refractivity contribution in [3.8, 4) is 0 Å². The van der Waals surface area contributed by atoms with Gasteiger partial charge in [0.15, 0.2) is 0 Å². The Bertz CT molecular complexity index is 373. The van der Waals surface area contributed by atoms with E-state index in [2.05, 4.69) is 4.72 Å². The highest BCUT2D eigenvalue weighted by molar-refractivity contribution is 7.90. The molecule has 0 fully saturated rings. The van der Waals surface area contributed by atoms with Crippen LogP contribution in [0.15, 0.2) is 24.3 Å². The first-order chi connectivity index (χ1) is 5.49. The standard InChI is InChI=1S/C7H10N2O2S/c1-6-4-2-3-5-7(6)9-12(8,10)11/h2-5,9H,1H3,(H2,8,10,11). The van der Waals surface area contributed by atoms with Gasteiger partial charge in [-0.15, -0.1) is 0 Å². The molecule has 0 saturated carbocycles. The van der Waals surface area contributed by atoms with Crippen LogP contribution in [0.2, 0.25) is 0 Å². The van der Waals surface area contributed by atoms with E-state index >= 15 is 0 Å². The molecule has 0 spiro atoms. The monoisotopic (exact) mass is 186 g/mol. The second kappa shape index (κ2) is 3.12. The van der Waals surface area contributed by atoms with E-state index < -0.39 is 10.2 Å². The number of rotatable bonds is 2. The van der Waals surface area contributed by atoms with Gasteiger partial charge in [-0.25, -0.2) is 5.14 Å². The molecule has 0 atom stereocenters. The third-order valence-corrected chi connectivity index (χ3v) is 1.90. The topological polar surface area (TPSA) is 72.2 Å². The fraction of sp³-hybridized carbons (Fsp3) is 0.143. The van der Waals surface area contributed by atoms with E-state index in [4.69, 9.17) is 5.14 Å². The molecule has 66 valence electrons. The molecule has 0 unspecified atom stereocenters. The van der Waals surface area contributed by atoms with E-state index in [1.807, 2.05) is 6.07 Å². The van der Waals surface area contributed by atoms with E-state index in [0.29, 0.717) is 5.69 Å². The van der Waals surface area contributed by atoms with E-state index in [9.17, 15) is 8.42 Å². The van der Waals surface area contributed by atoms with E-state index in [0.717, 1.165) is 5.56 Å². The van der Waals surface area contributed by atoms with Crippen molar-refractivity contribution in [1.82, 2.24) is 0 Å². The molecule has 1 rings (SSSR count). The van der Waals surface area contributed by atoms with Crippen molar-refractivity contribution < 1.29 is 8.42 Å². The lowest BCUT2D eigenvalue weighted by Gasteiger charge is -2.05. The predicted octanol–water partition coefficient (Wildman–Crippen LogP) is 0.610. The number of hydrogen-bond donors (Lipinski definition) is 2. The average molecular weight is 186 g/mol. The van der Waals surface area contributed by atoms with Crippen molar-refractivity contribution in [2.75, 3.05) is 4.72 Å². The number of nitrogens with two attached hydrogens (primary N) is 1. The zero-order valence-electron chi connectivity index (χ0n) is 6.61. The van der Waals surface area contributed by atoms with Gasteiger partial charge in [0.1, 0.15) is 0 Å². The van der Waals surface area contributed by atoms with Crippen molar-refractivity contribution in [3.63, 3.8) is 0 Å². The summed E-state index contributed by atoms with van der Waals surface area (Å²) >= 11 is 0. The maximum Gasteiger partial charge on any atom is 0.296 e. The first-order valence-electron chi connectivity index (χ1n) is 3.35. The van der Waals surface area contributed by atoms with Crippen LogP contribution in [0.3, 0.4) is 0 Å². The van der Waals surface area contributed by atoms with Gasteiger partial charge in [0.05, 0.1) is 5.69 Å². The van der Waals surface area contributed by atoms with Crippen LogP contribution in [0.25, 0.3) is 0 Å². The Morgan fingerprint density at radius 2 is 1.92 bits per heavy atom. The Hall–Kier alpha value is -1.07. The molecule has 0 bridgehead atoms. The Morgan fingerprint density at radius 3 is 2.42 bits per heavy atom. The summed E-state index contributed by atoms with van der Waals surface area (Å²) in [6.45, 7) is 1.80. The largest absolute Gasteiger partial charge is 0.296 e. The minimum Gasteiger partial charge on any atom is -0.271 e. The lowest BCUT2D eigenvalue weighted by Crippen LogP contribution is -2.22. The molecule has 0 radical (unpaired) electrons. The van der Waals surface area contributed by atoms with Gasteiger partial charge in [0.25, 0.3) is 10.2 Å². The molecule has 0 heterocycles. The van der Waals surface area contributed by atoms with Crippen LogP contribution in [-0.2, 0) is 10.2 Å². The quantitative estimate of drug-likeness (QED) is 0.710. The summed E-state index contributed by atoms with van der Waals surface area (Å²) in [7, 11) is -3.65. The average Bonchev–Trinajstić information content (AvgIpc) is 1.91. The van der Waals surface area contributed by atoms with Crippen LogP contribution in [0, 0.1) is 6.92 Å². The molecule has 0 aromatic heterocycles. The maximum atomic E-state index is 10.6. The molecule has 3 N–H and O–H groups in total. The molecule has 1 aromatic carbocycles. The number of anilines is 1. The molecule has 5 heteroatoms. The molecule has 0 amide bonds. The second-order valence-electron chi connectivity index (χ2n) is 2.46. The van der Waals surface area contributed by atoms with Crippen molar-refractivity contribution in [2.45, 2.75) is 6.92 Å². The van der Waals surface area contributed by atoms with Gasteiger partial charge in [0.2, 0.25) is 0 Å². The maximum absolute atomic E-state index is 10.6. The first kappa shape index (κ1) is 9.02. The normalized spacial score (nSPS) is 11.2. The summed E-state index contributed by atoms with van der Waals surface area (Å²) in [5.74, 6) is 0. The number of aryl methyl sites for hydroxylation is 1. The van der Waals surface area contributed by atoms with E-state index in [-0.39, 0.29) is 0 Å². The SMILES string of the molecule is Cc1ccccc1NS(N)(=O)=O. The molecule has 0 aliphatic carbocycles. The molecule has 0 saturated heterocycles. The van der Waals surface area contributed by atoms with Crippen LogP contribution in [0.1, 0.15) is 5.56 Å². The zero-order chi connectivity index (χ0) is 9.19. The summed E-state index contributed by atoms with van der Waals surface area (Å²) in [6, 6.07) is 7.01. The lowest BCUT2D eigenvalue weighted by atomic mass is 10.2. The third-order valence-electron chi connectivity index (χ3n) is 1.40. The van der Waals surface area contributed by atoms with Crippen LogP contribution < -0.4 is 9.86 Å². The minimum absolute atomic E-state index is 0.514. The van der Waals surface area contributed by atoms with Gasteiger partial charge >= 0.3 is 0 Å². The summed E-state index contributed by atoms with van der Waals surface area (Å²) in [5.41, 5.74) is 1.35. The summed E-state index contributed by atoms with van der Waals surface area (Å²) in [5, 5.41) is 4.80. The third kappa shape index (κ3) is 2.52. The highest BCUT2D eigenvalue weighted by atomic mass is 32.2. The highest BCUT2D eigenvalue weighted by Gasteiger charge is 2.02. The second-order valence-corrected chi connectivity index (χ2v) is 3.76. The lowest BCUT2D eigenvalue weighted by molar-refractivity contribution is 0.603. The van der Waals surface area contributed by atoms with Crippen molar-refractivity contribution in [1.29, 1.82) is 0 Å². The van der Waals surface area contributed by atoms with Crippen LogP contribution in [-0.4, -0.2) is 8.42 Å². The Kier molecular flexibility index (Phi) is 2.35. The summed E-state index contributed by atoms with van der Waals surface area (Å²) in [4.78, 5) is 0. The van der Waals surface area contributed by atoms with Gasteiger partial charge < -0.3 is 0 Å². The molecule has 1 aromatic rings. The van der Waals surface area contributed by atoms with Gasteiger partial charge in [-0.05, 0) is 18.6 Å². The molecule has 0 aliphatic heterocycles. The van der Waals surface area contributed by atoms with Crippen molar-refractivity contribution in [2.24, 2.45) is 5.14 Å². The zero-order valence-corrected chi connectivity index (χ0v) is 7.43. The molecule has 12 heavy (non-hydrogen) atoms. The molecule has 0 aliphatic rings. The Labute approximate surface area is 71.6 Å². The molecule has 4 nitrogen and oxygen atoms in total. The smallest absolute Gasteiger partial charge is 0.271 e. The minimum atomic E-state index is -3.65. The number of para-hydroxylation sites is 1. The highest BCUT2D eigenvalue weighted by Crippen LogP contribution is 2.13. The van der Waals surface area contributed by atoms with Crippen molar-refractivity contribution in [3.05, 3.63) is 29.8 Å². The Balaban J connectivity index is 2.98. The summed E-state index contributed by atoms with van der Waals surface area (Å²) < 4.78 is 23.4. The first-order valence-corrected chi connectivity index (χ1v) is 4.90. The summed E-state index contributed by atoms with van der Waals surface area (Å²) in [6.07, 6.45) is 0. The number of benzene rings is 1. The number of hydrogen-bond acceptors (Lipinski definition) is 2. The van der Waals surface area contributed by atoms with E-state index in [1.165, 1.54) is 0 Å². The van der Waals surface area contributed by atoms with E-state index in [1.54, 1.807) is 25.1 Å². The Morgan fingerprint density at radius 1 is 1.33 bits per heavy atom. The van der Waals surface area contributed by atoms with Gasteiger partial charge in [-0.1, -0.05) is 18.2 Å². The van der Waals surface area contributed by atoms with Gasteiger partial charge in [-0.2, -0.15) is 8.42 Å². The van der Waals surface area contributed by atoms with Crippen LogP contribution in [0.5, 0.6) is 0 Å².